The zero-order valence-electron chi connectivity index (χ0n) is 15.2. The first-order valence-corrected chi connectivity index (χ1v) is 11.0. The van der Waals surface area contributed by atoms with Crippen LogP contribution in [-0.2, 0) is 14.6 Å². The SMILES string of the molecule is N#CCC[C@H]1CC[C@@](c2cc(F)ccc2F)(S(=O)(=O)c2ccc(Cl)cc2)CC1. The quantitative estimate of drug-likeness (QED) is 0.612. The van der Waals surface area contributed by atoms with Gasteiger partial charge in [0.05, 0.1) is 11.0 Å². The molecule has 1 fully saturated rings. The number of benzene rings is 2. The molecule has 2 aromatic rings. The molecule has 1 aliphatic rings. The summed E-state index contributed by atoms with van der Waals surface area (Å²) in [6, 6.07) is 10.8. The van der Waals surface area contributed by atoms with E-state index in [1.54, 1.807) is 0 Å². The maximum absolute atomic E-state index is 14.7. The topological polar surface area (TPSA) is 57.9 Å². The van der Waals surface area contributed by atoms with E-state index in [1.807, 2.05) is 0 Å². The van der Waals surface area contributed by atoms with E-state index in [1.165, 1.54) is 24.3 Å². The second-order valence-corrected chi connectivity index (χ2v) is 9.91. The first-order valence-electron chi connectivity index (χ1n) is 9.13. The van der Waals surface area contributed by atoms with Crippen LogP contribution in [0.1, 0.15) is 44.1 Å². The molecule has 0 radical (unpaired) electrons. The monoisotopic (exact) mass is 423 g/mol. The van der Waals surface area contributed by atoms with Crippen molar-refractivity contribution in [1.82, 2.24) is 0 Å². The van der Waals surface area contributed by atoms with Gasteiger partial charge in [-0.05, 0) is 80.5 Å². The molecule has 0 aliphatic heterocycles. The molecule has 0 unspecified atom stereocenters. The van der Waals surface area contributed by atoms with Gasteiger partial charge in [-0.15, -0.1) is 0 Å². The second-order valence-electron chi connectivity index (χ2n) is 7.22. The van der Waals surface area contributed by atoms with Gasteiger partial charge >= 0.3 is 0 Å². The Bertz CT molecular complexity index is 992. The van der Waals surface area contributed by atoms with E-state index in [9.17, 15) is 17.2 Å². The summed E-state index contributed by atoms with van der Waals surface area (Å²) in [4.78, 5) is 0.0380. The molecule has 0 spiro atoms. The molecule has 3 rings (SSSR count). The van der Waals surface area contributed by atoms with E-state index in [4.69, 9.17) is 16.9 Å². The molecule has 148 valence electrons. The highest BCUT2D eigenvalue weighted by Gasteiger charge is 2.49. The standard InChI is InChI=1S/C21H20ClF2NO2S/c22-16-3-6-18(7-4-16)28(26,27)21(19-14-17(23)5-8-20(19)24)11-9-15(10-12-21)2-1-13-25/h3-8,14-15H,1-2,9-12H2/t15-,21+. The average molecular weight is 424 g/mol. The zero-order valence-corrected chi connectivity index (χ0v) is 16.7. The summed E-state index contributed by atoms with van der Waals surface area (Å²) in [5.41, 5.74) is -0.124. The van der Waals surface area contributed by atoms with Crippen LogP contribution in [-0.4, -0.2) is 8.42 Å². The highest BCUT2D eigenvalue weighted by Crippen LogP contribution is 2.49. The lowest BCUT2D eigenvalue weighted by Crippen LogP contribution is -2.40. The van der Waals surface area contributed by atoms with Crippen LogP contribution < -0.4 is 0 Å². The Balaban J connectivity index is 2.09. The molecule has 1 aliphatic carbocycles. The lowest BCUT2D eigenvalue weighted by atomic mass is 9.76. The van der Waals surface area contributed by atoms with Crippen molar-refractivity contribution in [2.45, 2.75) is 48.2 Å². The summed E-state index contributed by atoms with van der Waals surface area (Å²) in [5.74, 6) is -1.20. The van der Waals surface area contributed by atoms with Crippen LogP contribution >= 0.6 is 11.6 Å². The fourth-order valence-corrected chi connectivity index (χ4v) is 6.36. The molecule has 1 saturated carbocycles. The average Bonchev–Trinajstić information content (AvgIpc) is 2.69. The molecule has 28 heavy (non-hydrogen) atoms. The molecule has 0 atom stereocenters. The van der Waals surface area contributed by atoms with E-state index >= 15 is 0 Å². The van der Waals surface area contributed by atoms with E-state index in [-0.39, 0.29) is 29.2 Å². The minimum Gasteiger partial charge on any atom is -0.223 e. The van der Waals surface area contributed by atoms with Gasteiger partial charge in [0.2, 0.25) is 0 Å². The smallest absolute Gasteiger partial charge is 0.188 e. The minimum absolute atomic E-state index is 0.0380. The molecular formula is C21H20ClF2NO2S. The van der Waals surface area contributed by atoms with Crippen molar-refractivity contribution in [1.29, 1.82) is 5.26 Å². The Kier molecular flexibility index (Phi) is 6.07. The van der Waals surface area contributed by atoms with Crippen molar-refractivity contribution in [2.75, 3.05) is 0 Å². The van der Waals surface area contributed by atoms with Crippen LogP contribution in [0.4, 0.5) is 8.78 Å². The van der Waals surface area contributed by atoms with Crippen LogP contribution in [0.5, 0.6) is 0 Å². The fourth-order valence-electron chi connectivity index (χ4n) is 4.07. The van der Waals surface area contributed by atoms with Crippen LogP contribution in [0.3, 0.4) is 0 Å². The third-order valence-electron chi connectivity index (χ3n) is 5.63. The Morgan fingerprint density at radius 3 is 2.36 bits per heavy atom. The molecule has 0 N–H and O–H groups in total. The Labute approximate surface area is 168 Å². The van der Waals surface area contributed by atoms with Crippen LogP contribution in [0.2, 0.25) is 5.02 Å². The van der Waals surface area contributed by atoms with Gasteiger partial charge in [-0.3, -0.25) is 0 Å². The summed E-state index contributed by atoms with van der Waals surface area (Å²) in [5, 5.41) is 9.19. The first-order chi connectivity index (χ1) is 13.3. The maximum atomic E-state index is 14.7. The molecule has 0 amide bonds. The number of hydrogen-bond acceptors (Lipinski definition) is 3. The lowest BCUT2D eigenvalue weighted by molar-refractivity contribution is 0.276. The molecule has 7 heteroatoms. The summed E-state index contributed by atoms with van der Waals surface area (Å²) < 4.78 is 54.4. The van der Waals surface area contributed by atoms with Gasteiger partial charge in [0.25, 0.3) is 0 Å². The molecule has 3 nitrogen and oxygen atoms in total. The van der Waals surface area contributed by atoms with Gasteiger partial charge in [0.1, 0.15) is 16.4 Å². The summed E-state index contributed by atoms with van der Waals surface area (Å²) >= 11 is 5.88. The molecular weight excluding hydrogens is 404 g/mol. The van der Waals surface area contributed by atoms with Crippen molar-refractivity contribution in [3.05, 3.63) is 64.7 Å². The van der Waals surface area contributed by atoms with E-state index in [0.29, 0.717) is 30.7 Å². The predicted molar refractivity (Wildman–Crippen MR) is 103 cm³/mol. The van der Waals surface area contributed by atoms with Crippen molar-refractivity contribution in [3.8, 4) is 6.07 Å². The summed E-state index contributed by atoms with van der Waals surface area (Å²) in [6.45, 7) is 0. The Hall–Kier alpha value is -1.97. The molecule has 0 bridgehead atoms. The number of nitrogens with zero attached hydrogens (tertiary/aromatic N) is 1. The zero-order chi connectivity index (χ0) is 20.4. The predicted octanol–water partition coefficient (Wildman–Crippen LogP) is 5.78. The summed E-state index contributed by atoms with van der Waals surface area (Å²) in [6.07, 6.45) is 2.49. The van der Waals surface area contributed by atoms with Crippen molar-refractivity contribution >= 4 is 21.4 Å². The highest BCUT2D eigenvalue weighted by molar-refractivity contribution is 7.92. The number of halogens is 3. The van der Waals surface area contributed by atoms with Crippen molar-refractivity contribution < 1.29 is 17.2 Å². The van der Waals surface area contributed by atoms with E-state index in [0.717, 1.165) is 18.2 Å². The molecule has 0 aromatic heterocycles. The number of nitriles is 1. The van der Waals surface area contributed by atoms with E-state index in [2.05, 4.69) is 6.07 Å². The number of sulfone groups is 1. The highest BCUT2D eigenvalue weighted by atomic mass is 35.5. The fraction of sp³-hybridized carbons (Fsp3) is 0.381. The second kappa shape index (κ2) is 8.18. The van der Waals surface area contributed by atoms with Crippen molar-refractivity contribution in [3.63, 3.8) is 0 Å². The van der Waals surface area contributed by atoms with E-state index < -0.39 is 26.2 Å². The summed E-state index contributed by atoms with van der Waals surface area (Å²) in [7, 11) is -4.01. The minimum atomic E-state index is -4.01. The molecule has 0 saturated heterocycles. The third-order valence-corrected chi connectivity index (χ3v) is 8.44. The normalized spacial score (nSPS) is 22.6. The van der Waals surface area contributed by atoms with Crippen LogP contribution in [0.15, 0.2) is 47.4 Å². The Morgan fingerprint density at radius 2 is 1.75 bits per heavy atom. The third kappa shape index (κ3) is 3.78. The molecule has 2 aromatic carbocycles. The maximum Gasteiger partial charge on any atom is 0.188 e. The van der Waals surface area contributed by atoms with Gasteiger partial charge in [-0.25, -0.2) is 17.2 Å². The van der Waals surface area contributed by atoms with Crippen LogP contribution in [0, 0.1) is 28.9 Å². The number of rotatable bonds is 5. The Morgan fingerprint density at radius 1 is 1.11 bits per heavy atom. The van der Waals surface area contributed by atoms with Gasteiger partial charge in [-0.2, -0.15) is 5.26 Å². The van der Waals surface area contributed by atoms with Gasteiger partial charge in [0.15, 0.2) is 9.84 Å². The van der Waals surface area contributed by atoms with Crippen molar-refractivity contribution in [2.24, 2.45) is 5.92 Å². The lowest BCUT2D eigenvalue weighted by Gasteiger charge is -2.40. The first kappa shape index (κ1) is 20.8. The molecule has 0 heterocycles. The van der Waals surface area contributed by atoms with Gasteiger partial charge < -0.3 is 0 Å². The van der Waals surface area contributed by atoms with Gasteiger partial charge in [-0.1, -0.05) is 11.6 Å². The largest absolute Gasteiger partial charge is 0.223 e. The van der Waals surface area contributed by atoms with Crippen LogP contribution in [0.25, 0.3) is 0 Å². The number of hydrogen-bond donors (Lipinski definition) is 0. The van der Waals surface area contributed by atoms with Gasteiger partial charge in [0, 0.05) is 17.0 Å².